The fraction of sp³-hybridized carbons (Fsp3) is 0.278. The highest BCUT2D eigenvalue weighted by molar-refractivity contribution is 5.76. The van der Waals surface area contributed by atoms with E-state index in [-0.39, 0.29) is 12.5 Å². The lowest BCUT2D eigenvalue weighted by atomic mass is 9.96. The van der Waals surface area contributed by atoms with Crippen molar-refractivity contribution < 1.29 is 9.90 Å². The summed E-state index contributed by atoms with van der Waals surface area (Å²) in [6, 6.07) is 19.3. The number of benzene rings is 2. The average Bonchev–Trinajstić information content (AvgIpc) is 2.53. The van der Waals surface area contributed by atoms with Gasteiger partial charge in [-0.1, -0.05) is 60.7 Å². The minimum absolute atomic E-state index is 0.0462. The topological polar surface area (TPSA) is 49.3 Å². The Kier molecular flexibility index (Phi) is 5.12. The van der Waals surface area contributed by atoms with E-state index in [0.29, 0.717) is 12.8 Å². The third-order valence-electron chi connectivity index (χ3n) is 3.51. The zero-order chi connectivity index (χ0) is 15.1. The molecule has 0 aliphatic carbocycles. The average molecular weight is 283 g/mol. The molecule has 0 aromatic heterocycles. The van der Waals surface area contributed by atoms with Gasteiger partial charge in [-0.25, -0.2) is 0 Å². The maximum absolute atomic E-state index is 11.9. The largest absolute Gasteiger partial charge is 0.384 e. The van der Waals surface area contributed by atoms with E-state index in [1.807, 2.05) is 60.7 Å². The minimum atomic E-state index is -1.05. The fourth-order valence-corrected chi connectivity index (χ4v) is 2.16. The lowest BCUT2D eigenvalue weighted by Crippen LogP contribution is -2.38. The first-order valence-electron chi connectivity index (χ1n) is 7.16. The van der Waals surface area contributed by atoms with Crippen molar-refractivity contribution in [1.29, 1.82) is 0 Å². The number of rotatable bonds is 6. The SMILES string of the molecule is CC(O)(CNC(=O)CCc1ccccc1)c1ccccc1. The number of hydrogen-bond acceptors (Lipinski definition) is 2. The highest BCUT2D eigenvalue weighted by Crippen LogP contribution is 2.18. The van der Waals surface area contributed by atoms with E-state index < -0.39 is 5.60 Å². The molecule has 0 saturated carbocycles. The van der Waals surface area contributed by atoms with Crippen molar-refractivity contribution >= 4 is 5.91 Å². The lowest BCUT2D eigenvalue weighted by Gasteiger charge is -2.24. The smallest absolute Gasteiger partial charge is 0.220 e. The molecule has 1 unspecified atom stereocenters. The number of aryl methyl sites for hydroxylation is 1. The fourth-order valence-electron chi connectivity index (χ4n) is 2.16. The van der Waals surface area contributed by atoms with Crippen molar-refractivity contribution in [3.05, 3.63) is 71.8 Å². The molecule has 2 N–H and O–H groups in total. The second kappa shape index (κ2) is 7.04. The van der Waals surface area contributed by atoms with Crippen LogP contribution in [0.3, 0.4) is 0 Å². The van der Waals surface area contributed by atoms with E-state index in [1.165, 1.54) is 0 Å². The van der Waals surface area contributed by atoms with Gasteiger partial charge in [-0.05, 0) is 24.5 Å². The Balaban J connectivity index is 1.81. The molecule has 0 aliphatic heterocycles. The highest BCUT2D eigenvalue weighted by atomic mass is 16.3. The first-order chi connectivity index (χ1) is 10.1. The van der Waals surface area contributed by atoms with E-state index in [2.05, 4.69) is 5.32 Å². The maximum Gasteiger partial charge on any atom is 0.220 e. The second-order valence-corrected chi connectivity index (χ2v) is 5.40. The summed E-state index contributed by atoms with van der Waals surface area (Å²) in [6.45, 7) is 1.92. The first kappa shape index (κ1) is 15.3. The molecule has 1 amide bonds. The molecule has 0 saturated heterocycles. The first-order valence-corrected chi connectivity index (χ1v) is 7.16. The van der Waals surface area contributed by atoms with Crippen LogP contribution in [-0.2, 0) is 16.8 Å². The Labute approximate surface area is 125 Å². The van der Waals surface area contributed by atoms with Crippen molar-refractivity contribution in [2.45, 2.75) is 25.4 Å². The van der Waals surface area contributed by atoms with Gasteiger partial charge in [-0.2, -0.15) is 0 Å². The lowest BCUT2D eigenvalue weighted by molar-refractivity contribution is -0.122. The van der Waals surface area contributed by atoms with Crippen LogP contribution in [-0.4, -0.2) is 17.6 Å². The van der Waals surface area contributed by atoms with Crippen molar-refractivity contribution in [2.75, 3.05) is 6.54 Å². The zero-order valence-electron chi connectivity index (χ0n) is 12.3. The van der Waals surface area contributed by atoms with Gasteiger partial charge in [0.1, 0.15) is 5.60 Å². The maximum atomic E-state index is 11.9. The number of aliphatic hydroxyl groups is 1. The molecule has 2 aromatic rings. The van der Waals surface area contributed by atoms with Crippen LogP contribution < -0.4 is 5.32 Å². The van der Waals surface area contributed by atoms with Gasteiger partial charge < -0.3 is 10.4 Å². The summed E-state index contributed by atoms with van der Waals surface area (Å²) in [5, 5.41) is 13.2. The van der Waals surface area contributed by atoms with Crippen molar-refractivity contribution in [1.82, 2.24) is 5.32 Å². The molecule has 110 valence electrons. The quantitative estimate of drug-likeness (QED) is 0.856. The number of amides is 1. The van der Waals surface area contributed by atoms with E-state index in [1.54, 1.807) is 6.92 Å². The summed E-state index contributed by atoms with van der Waals surface area (Å²) in [7, 11) is 0. The number of carbonyl (C=O) groups excluding carboxylic acids is 1. The molecule has 3 heteroatoms. The predicted octanol–water partition coefficient (Wildman–Crippen LogP) is 2.64. The number of carbonyl (C=O) groups is 1. The molecular formula is C18H21NO2. The van der Waals surface area contributed by atoms with E-state index in [9.17, 15) is 9.90 Å². The van der Waals surface area contributed by atoms with Gasteiger partial charge in [0.2, 0.25) is 5.91 Å². The molecular weight excluding hydrogens is 262 g/mol. The van der Waals surface area contributed by atoms with E-state index >= 15 is 0 Å². The summed E-state index contributed by atoms with van der Waals surface area (Å²) in [6.07, 6.45) is 1.13. The van der Waals surface area contributed by atoms with E-state index in [4.69, 9.17) is 0 Å². The Hall–Kier alpha value is -2.13. The van der Waals surface area contributed by atoms with E-state index in [0.717, 1.165) is 11.1 Å². The Morgan fingerprint density at radius 1 is 1.05 bits per heavy atom. The third kappa shape index (κ3) is 4.72. The summed E-state index contributed by atoms with van der Waals surface area (Å²) in [5.74, 6) is -0.0462. The number of hydrogen-bond donors (Lipinski definition) is 2. The molecule has 0 radical (unpaired) electrons. The summed E-state index contributed by atoms with van der Waals surface area (Å²) in [4.78, 5) is 11.9. The molecule has 0 bridgehead atoms. The molecule has 1 atom stereocenters. The number of nitrogens with one attached hydrogen (secondary N) is 1. The van der Waals surface area contributed by atoms with Crippen LogP contribution in [0.25, 0.3) is 0 Å². The van der Waals surface area contributed by atoms with Crippen LogP contribution in [0.5, 0.6) is 0 Å². The van der Waals surface area contributed by atoms with Crippen molar-refractivity contribution in [2.24, 2.45) is 0 Å². The minimum Gasteiger partial charge on any atom is -0.384 e. The van der Waals surface area contributed by atoms with Gasteiger partial charge in [-0.3, -0.25) is 4.79 Å². The van der Waals surface area contributed by atoms with Crippen molar-refractivity contribution in [3.63, 3.8) is 0 Å². The molecule has 2 rings (SSSR count). The standard InChI is InChI=1S/C18H21NO2/c1-18(21,16-10-6-3-7-11-16)14-19-17(20)13-12-15-8-4-2-5-9-15/h2-11,21H,12-14H2,1H3,(H,19,20). The Morgan fingerprint density at radius 2 is 1.62 bits per heavy atom. The van der Waals surface area contributed by atoms with Crippen molar-refractivity contribution in [3.8, 4) is 0 Å². The van der Waals surface area contributed by atoms with Gasteiger partial charge in [0.25, 0.3) is 0 Å². The van der Waals surface area contributed by atoms with Gasteiger partial charge in [-0.15, -0.1) is 0 Å². The summed E-state index contributed by atoms with van der Waals surface area (Å²) in [5.41, 5.74) is 0.889. The summed E-state index contributed by atoms with van der Waals surface area (Å²) < 4.78 is 0. The van der Waals surface area contributed by atoms with Crippen LogP contribution in [0.2, 0.25) is 0 Å². The Morgan fingerprint density at radius 3 is 2.24 bits per heavy atom. The van der Waals surface area contributed by atoms with Gasteiger partial charge >= 0.3 is 0 Å². The Bertz CT molecular complexity index is 564. The zero-order valence-corrected chi connectivity index (χ0v) is 12.3. The normalized spacial score (nSPS) is 13.4. The molecule has 0 fully saturated rings. The molecule has 21 heavy (non-hydrogen) atoms. The van der Waals surface area contributed by atoms with Gasteiger partial charge in [0, 0.05) is 6.42 Å². The third-order valence-corrected chi connectivity index (χ3v) is 3.51. The van der Waals surface area contributed by atoms with Crippen LogP contribution >= 0.6 is 0 Å². The van der Waals surface area contributed by atoms with Crippen LogP contribution in [0.4, 0.5) is 0 Å². The molecule has 0 heterocycles. The molecule has 0 spiro atoms. The monoisotopic (exact) mass is 283 g/mol. The molecule has 3 nitrogen and oxygen atoms in total. The van der Waals surface area contributed by atoms with Gasteiger partial charge in [0.05, 0.1) is 6.54 Å². The highest BCUT2D eigenvalue weighted by Gasteiger charge is 2.23. The second-order valence-electron chi connectivity index (χ2n) is 5.40. The summed E-state index contributed by atoms with van der Waals surface area (Å²) >= 11 is 0. The van der Waals surface area contributed by atoms with Gasteiger partial charge in [0.15, 0.2) is 0 Å². The predicted molar refractivity (Wildman–Crippen MR) is 83.8 cm³/mol. The molecule has 0 aliphatic rings. The van der Waals surface area contributed by atoms with Crippen LogP contribution in [0.15, 0.2) is 60.7 Å². The van der Waals surface area contributed by atoms with Crippen LogP contribution in [0.1, 0.15) is 24.5 Å². The molecule has 2 aromatic carbocycles. The van der Waals surface area contributed by atoms with Crippen LogP contribution in [0, 0.1) is 0 Å².